The van der Waals surface area contributed by atoms with Crippen molar-refractivity contribution in [2.75, 3.05) is 13.7 Å². The largest absolute Gasteiger partial charge is 0.352 e. The van der Waals surface area contributed by atoms with Crippen molar-refractivity contribution in [1.29, 1.82) is 0 Å². The van der Waals surface area contributed by atoms with E-state index in [1.807, 2.05) is 11.0 Å². The highest BCUT2D eigenvalue weighted by molar-refractivity contribution is 14.1. The number of ether oxygens (including phenoxy) is 2. The van der Waals surface area contributed by atoms with Crippen LogP contribution in [-0.2, 0) is 9.47 Å². The molecule has 2 nitrogen and oxygen atoms in total. The Morgan fingerprint density at radius 1 is 1.10 bits per heavy atom. The summed E-state index contributed by atoms with van der Waals surface area (Å²) in [5, 5.41) is 0. The van der Waals surface area contributed by atoms with E-state index in [-0.39, 0.29) is 6.29 Å². The van der Waals surface area contributed by atoms with E-state index in [0.29, 0.717) is 6.61 Å². The van der Waals surface area contributed by atoms with Crippen LogP contribution < -0.4 is 0 Å². The molecule has 0 aliphatic rings. The number of methoxy groups -OCH3 is 1. The zero-order valence-corrected chi connectivity index (χ0v) is 14.4. The number of rotatable bonds is 6. The zero-order chi connectivity index (χ0) is 15.1. The highest BCUT2D eigenvalue weighted by atomic mass is 127. The average molecular weight is 394 g/mol. The van der Waals surface area contributed by atoms with Crippen LogP contribution in [0.25, 0.3) is 17.2 Å². The molecule has 110 valence electrons. The van der Waals surface area contributed by atoms with Gasteiger partial charge < -0.3 is 9.47 Å². The fourth-order valence-corrected chi connectivity index (χ4v) is 2.63. The molecule has 0 saturated heterocycles. The quantitative estimate of drug-likeness (QED) is 0.480. The minimum atomic E-state index is -0.298. The maximum absolute atomic E-state index is 5.55. The number of halogens is 1. The van der Waals surface area contributed by atoms with E-state index in [0.717, 1.165) is 5.56 Å². The van der Waals surface area contributed by atoms with Crippen LogP contribution in [0.2, 0.25) is 0 Å². The Labute approximate surface area is 139 Å². The zero-order valence-electron chi connectivity index (χ0n) is 12.3. The highest BCUT2D eigenvalue weighted by Crippen LogP contribution is 2.27. The van der Waals surface area contributed by atoms with Gasteiger partial charge in [0.1, 0.15) is 0 Å². The molecule has 0 heterocycles. The van der Waals surface area contributed by atoms with Crippen LogP contribution in [0.3, 0.4) is 0 Å². The topological polar surface area (TPSA) is 18.5 Å². The molecule has 2 aromatic rings. The van der Waals surface area contributed by atoms with Gasteiger partial charge in [-0.3, -0.25) is 0 Å². The molecule has 2 aromatic carbocycles. The molecule has 21 heavy (non-hydrogen) atoms. The van der Waals surface area contributed by atoms with Gasteiger partial charge in [-0.25, -0.2) is 0 Å². The summed E-state index contributed by atoms with van der Waals surface area (Å²) in [6.45, 7) is 2.59. The first kappa shape index (κ1) is 16.2. The number of hydrogen-bond donors (Lipinski definition) is 0. The van der Waals surface area contributed by atoms with Gasteiger partial charge in [0.25, 0.3) is 0 Å². The van der Waals surface area contributed by atoms with E-state index >= 15 is 0 Å². The Bertz CT molecular complexity index is 590. The number of hydrogen-bond acceptors (Lipinski definition) is 2. The van der Waals surface area contributed by atoms with Crippen LogP contribution in [-0.4, -0.2) is 13.7 Å². The normalized spacial score (nSPS) is 12.7. The minimum absolute atomic E-state index is 0.298. The first-order valence-electron chi connectivity index (χ1n) is 6.90. The molecule has 0 saturated carbocycles. The summed E-state index contributed by atoms with van der Waals surface area (Å²) < 4.78 is 12.9. The van der Waals surface area contributed by atoms with Gasteiger partial charge in [-0.05, 0) is 33.8 Å². The summed E-state index contributed by atoms with van der Waals surface area (Å²) in [5.74, 6) is 0. The molecule has 0 fully saturated rings. The van der Waals surface area contributed by atoms with Crippen molar-refractivity contribution >= 4 is 28.7 Å². The molecule has 0 aromatic heterocycles. The van der Waals surface area contributed by atoms with E-state index < -0.39 is 0 Å². The lowest BCUT2D eigenvalue weighted by Gasteiger charge is -2.16. The Hall–Kier alpha value is -1.17. The predicted octanol–water partition coefficient (Wildman–Crippen LogP) is 5.44. The lowest BCUT2D eigenvalue weighted by Crippen LogP contribution is -2.06. The Balaban J connectivity index is 2.31. The number of benzene rings is 2. The van der Waals surface area contributed by atoms with Crippen LogP contribution in [0.1, 0.15) is 24.3 Å². The average Bonchev–Trinajstić information content (AvgIpc) is 2.54. The first-order chi connectivity index (χ1) is 10.3. The smallest absolute Gasteiger partial charge is 0.183 e. The van der Waals surface area contributed by atoms with E-state index in [1.165, 1.54) is 16.7 Å². The van der Waals surface area contributed by atoms with Gasteiger partial charge in [0.15, 0.2) is 6.29 Å². The molecule has 0 aliphatic heterocycles. The lowest BCUT2D eigenvalue weighted by molar-refractivity contribution is -0.124. The summed E-state index contributed by atoms with van der Waals surface area (Å²) in [5.41, 5.74) is 4.66. The van der Waals surface area contributed by atoms with Crippen LogP contribution in [0.15, 0.2) is 52.6 Å². The third-order valence-corrected chi connectivity index (χ3v) is 3.59. The molecular formula is C18H19IO2. The third kappa shape index (κ3) is 4.15. The molecule has 0 aliphatic carbocycles. The first-order valence-corrected chi connectivity index (χ1v) is 8.15. The molecule has 2 rings (SSSR count). The second-order valence-electron chi connectivity index (χ2n) is 4.52. The third-order valence-electron chi connectivity index (χ3n) is 3.23. The van der Waals surface area contributed by atoms with Crippen molar-refractivity contribution in [2.45, 2.75) is 13.2 Å². The summed E-state index contributed by atoms with van der Waals surface area (Å²) in [6.07, 6.45) is 1.82. The van der Waals surface area contributed by atoms with E-state index in [4.69, 9.17) is 9.47 Å². The van der Waals surface area contributed by atoms with Gasteiger partial charge in [0.05, 0.1) is 0 Å². The molecular weight excluding hydrogens is 375 g/mol. The van der Waals surface area contributed by atoms with Gasteiger partial charge >= 0.3 is 0 Å². The molecule has 0 amide bonds. The molecule has 1 atom stereocenters. The summed E-state index contributed by atoms with van der Waals surface area (Å²) in [7, 11) is 1.66. The standard InChI is InChI=1S/C18H19IO2/c1-3-21-18(20-2)16-10-8-15(9-11-16)17-7-5-4-6-14(17)12-13-19/h4-13,18H,3H2,1-2H3. The van der Waals surface area contributed by atoms with Crippen LogP contribution in [0.4, 0.5) is 0 Å². The molecule has 0 bridgehead atoms. The lowest BCUT2D eigenvalue weighted by atomic mass is 9.98. The fourth-order valence-electron chi connectivity index (χ4n) is 2.24. The van der Waals surface area contributed by atoms with Gasteiger partial charge in [-0.15, -0.1) is 0 Å². The summed E-state index contributed by atoms with van der Waals surface area (Å²) >= 11 is 2.24. The summed E-state index contributed by atoms with van der Waals surface area (Å²) in [6, 6.07) is 16.7. The van der Waals surface area contributed by atoms with Crippen molar-refractivity contribution in [2.24, 2.45) is 0 Å². The summed E-state index contributed by atoms with van der Waals surface area (Å²) in [4.78, 5) is 0. The predicted molar refractivity (Wildman–Crippen MR) is 96.3 cm³/mol. The maximum atomic E-state index is 5.55. The van der Waals surface area contributed by atoms with Gasteiger partial charge in [0, 0.05) is 19.3 Å². The molecule has 0 N–H and O–H groups in total. The van der Waals surface area contributed by atoms with E-state index in [1.54, 1.807) is 7.11 Å². The molecule has 0 spiro atoms. The van der Waals surface area contributed by atoms with Crippen molar-refractivity contribution in [1.82, 2.24) is 0 Å². The second-order valence-corrected chi connectivity index (χ2v) is 5.24. The van der Waals surface area contributed by atoms with Gasteiger partial charge in [0.2, 0.25) is 0 Å². The van der Waals surface area contributed by atoms with Crippen LogP contribution >= 0.6 is 22.6 Å². The van der Waals surface area contributed by atoms with E-state index in [2.05, 4.69) is 77.2 Å². The monoisotopic (exact) mass is 394 g/mol. The minimum Gasteiger partial charge on any atom is -0.352 e. The van der Waals surface area contributed by atoms with Crippen molar-refractivity contribution in [3.63, 3.8) is 0 Å². The van der Waals surface area contributed by atoms with Crippen molar-refractivity contribution in [3.8, 4) is 11.1 Å². The van der Waals surface area contributed by atoms with E-state index in [9.17, 15) is 0 Å². The SMILES string of the molecule is CCOC(OC)c1ccc(-c2ccccc2C=CI)cc1. The Morgan fingerprint density at radius 3 is 2.43 bits per heavy atom. The fraction of sp³-hybridized carbons (Fsp3) is 0.222. The van der Waals surface area contributed by atoms with Gasteiger partial charge in [-0.2, -0.15) is 0 Å². The Morgan fingerprint density at radius 2 is 1.81 bits per heavy atom. The Kier molecular flexibility index (Phi) is 6.42. The van der Waals surface area contributed by atoms with Crippen LogP contribution in [0.5, 0.6) is 0 Å². The maximum Gasteiger partial charge on any atom is 0.183 e. The van der Waals surface area contributed by atoms with Gasteiger partial charge in [-0.1, -0.05) is 71.1 Å². The van der Waals surface area contributed by atoms with Crippen molar-refractivity contribution < 1.29 is 9.47 Å². The molecule has 0 radical (unpaired) electrons. The second kappa shape index (κ2) is 8.32. The van der Waals surface area contributed by atoms with Crippen molar-refractivity contribution in [3.05, 3.63) is 63.7 Å². The molecule has 1 unspecified atom stereocenters. The molecule has 3 heteroatoms. The van der Waals surface area contributed by atoms with Crippen LogP contribution in [0, 0.1) is 0 Å². The highest BCUT2D eigenvalue weighted by Gasteiger charge is 2.10.